The second-order valence-electron chi connectivity index (χ2n) is 5.85. The first-order valence-corrected chi connectivity index (χ1v) is 8.90. The van der Waals surface area contributed by atoms with Gasteiger partial charge in [0.25, 0.3) is 0 Å². The predicted molar refractivity (Wildman–Crippen MR) is 113 cm³/mol. The van der Waals surface area contributed by atoms with E-state index in [1.807, 2.05) is 12.1 Å². The number of rotatable bonds is 5. The van der Waals surface area contributed by atoms with E-state index >= 15 is 0 Å². The SMILES string of the molecule is COc1cc(CN=C(N)NC2CCCCCC2)cc(Br)c1OC.I. The highest BCUT2D eigenvalue weighted by Gasteiger charge is 2.13. The second kappa shape index (κ2) is 11.0. The fraction of sp³-hybridized carbons (Fsp3) is 0.588. The summed E-state index contributed by atoms with van der Waals surface area (Å²) in [5.74, 6) is 1.88. The first-order valence-electron chi connectivity index (χ1n) is 8.11. The Morgan fingerprint density at radius 1 is 1.21 bits per heavy atom. The third-order valence-corrected chi connectivity index (χ3v) is 4.72. The maximum absolute atomic E-state index is 6.04. The number of hydrogen-bond donors (Lipinski definition) is 2. The topological polar surface area (TPSA) is 68.9 Å². The van der Waals surface area contributed by atoms with E-state index in [0.717, 1.165) is 10.0 Å². The van der Waals surface area contributed by atoms with Crippen molar-refractivity contribution in [2.75, 3.05) is 14.2 Å². The largest absolute Gasteiger partial charge is 0.493 e. The van der Waals surface area contributed by atoms with Crippen molar-refractivity contribution < 1.29 is 9.47 Å². The third-order valence-electron chi connectivity index (χ3n) is 4.13. The average Bonchev–Trinajstić information content (AvgIpc) is 2.81. The molecule has 2 rings (SSSR count). The van der Waals surface area contributed by atoms with Crippen molar-refractivity contribution in [1.82, 2.24) is 5.32 Å². The number of methoxy groups -OCH3 is 2. The van der Waals surface area contributed by atoms with Gasteiger partial charge in [-0.1, -0.05) is 25.7 Å². The van der Waals surface area contributed by atoms with Gasteiger partial charge < -0.3 is 20.5 Å². The van der Waals surface area contributed by atoms with Crippen LogP contribution in [0, 0.1) is 0 Å². The second-order valence-corrected chi connectivity index (χ2v) is 6.70. The molecule has 7 heteroatoms. The van der Waals surface area contributed by atoms with Gasteiger partial charge in [-0.15, -0.1) is 24.0 Å². The number of nitrogens with two attached hydrogens (primary N) is 1. The minimum atomic E-state index is 0. The Morgan fingerprint density at radius 2 is 1.88 bits per heavy atom. The molecule has 136 valence electrons. The number of hydrogen-bond acceptors (Lipinski definition) is 3. The minimum absolute atomic E-state index is 0. The van der Waals surface area contributed by atoms with Crippen LogP contribution in [0.25, 0.3) is 0 Å². The molecule has 0 atom stereocenters. The fourth-order valence-electron chi connectivity index (χ4n) is 2.92. The lowest BCUT2D eigenvalue weighted by Gasteiger charge is -2.17. The van der Waals surface area contributed by atoms with E-state index in [-0.39, 0.29) is 24.0 Å². The predicted octanol–water partition coefficient (Wildman–Crippen LogP) is 4.21. The molecule has 0 aliphatic heterocycles. The standard InChI is InChI=1S/C17H26BrN3O2.HI/c1-22-15-10-12(9-14(18)16(15)23-2)11-20-17(19)21-13-7-5-3-4-6-8-13;/h9-10,13H,3-8,11H2,1-2H3,(H3,19,20,21);1H. The highest BCUT2D eigenvalue weighted by molar-refractivity contribution is 14.0. The number of aliphatic imine (C=N–C) groups is 1. The van der Waals surface area contributed by atoms with Gasteiger partial charge >= 0.3 is 0 Å². The Bertz CT molecular complexity index is 547. The van der Waals surface area contributed by atoms with Crippen LogP contribution in [-0.2, 0) is 6.54 Å². The van der Waals surface area contributed by atoms with Gasteiger partial charge in [0.05, 0.1) is 25.2 Å². The van der Waals surface area contributed by atoms with Crippen LogP contribution in [0.3, 0.4) is 0 Å². The Kier molecular flexibility index (Phi) is 9.80. The highest BCUT2D eigenvalue weighted by atomic mass is 127. The molecular weight excluding hydrogens is 485 g/mol. The molecule has 0 aromatic heterocycles. The molecule has 0 unspecified atom stereocenters. The van der Waals surface area contributed by atoms with E-state index in [9.17, 15) is 0 Å². The molecule has 3 N–H and O–H groups in total. The van der Waals surface area contributed by atoms with Crippen LogP contribution in [0.1, 0.15) is 44.1 Å². The molecule has 0 spiro atoms. The van der Waals surface area contributed by atoms with Crippen molar-refractivity contribution in [2.45, 2.75) is 51.1 Å². The van der Waals surface area contributed by atoms with E-state index in [1.54, 1.807) is 14.2 Å². The summed E-state index contributed by atoms with van der Waals surface area (Å²) in [7, 11) is 3.24. The van der Waals surface area contributed by atoms with Gasteiger partial charge in [-0.05, 0) is 46.5 Å². The third kappa shape index (κ3) is 6.31. The van der Waals surface area contributed by atoms with E-state index in [1.165, 1.54) is 38.5 Å². The summed E-state index contributed by atoms with van der Waals surface area (Å²) in [6.07, 6.45) is 7.56. The molecule has 0 heterocycles. The Balaban J connectivity index is 0.00000288. The zero-order chi connectivity index (χ0) is 16.7. The molecule has 1 aromatic carbocycles. The number of ether oxygens (including phenoxy) is 2. The summed E-state index contributed by atoms with van der Waals surface area (Å²) in [6, 6.07) is 4.36. The monoisotopic (exact) mass is 511 g/mol. The molecular formula is C17H27BrIN3O2. The summed E-state index contributed by atoms with van der Waals surface area (Å²) in [4.78, 5) is 4.46. The quantitative estimate of drug-likeness (QED) is 0.269. The molecule has 1 aliphatic rings. The molecule has 0 amide bonds. The van der Waals surface area contributed by atoms with Crippen LogP contribution < -0.4 is 20.5 Å². The molecule has 1 aromatic rings. The van der Waals surface area contributed by atoms with Crippen LogP contribution >= 0.6 is 39.9 Å². The number of halogens is 2. The van der Waals surface area contributed by atoms with E-state index in [2.05, 4.69) is 26.2 Å². The van der Waals surface area contributed by atoms with Gasteiger partial charge in [0, 0.05) is 6.04 Å². The van der Waals surface area contributed by atoms with Crippen molar-refractivity contribution >= 4 is 45.9 Å². The lowest BCUT2D eigenvalue weighted by molar-refractivity contribution is 0.352. The number of nitrogens with zero attached hydrogens (tertiary/aromatic N) is 1. The highest BCUT2D eigenvalue weighted by Crippen LogP contribution is 2.36. The Labute approximate surface area is 169 Å². The van der Waals surface area contributed by atoms with E-state index in [4.69, 9.17) is 15.2 Å². The first kappa shape index (κ1) is 21.3. The average molecular weight is 512 g/mol. The van der Waals surface area contributed by atoms with E-state index < -0.39 is 0 Å². The molecule has 1 saturated carbocycles. The van der Waals surface area contributed by atoms with Crippen LogP contribution in [0.4, 0.5) is 0 Å². The number of guanidine groups is 1. The maximum atomic E-state index is 6.04. The first-order chi connectivity index (χ1) is 11.1. The van der Waals surface area contributed by atoms with Crippen molar-refractivity contribution in [3.63, 3.8) is 0 Å². The van der Waals surface area contributed by atoms with Gasteiger partial charge in [-0.2, -0.15) is 0 Å². The molecule has 0 radical (unpaired) electrons. The molecule has 0 saturated heterocycles. The molecule has 0 bridgehead atoms. The summed E-state index contributed by atoms with van der Waals surface area (Å²) in [6.45, 7) is 0.504. The van der Waals surface area contributed by atoms with Gasteiger partial charge in [0.1, 0.15) is 0 Å². The summed E-state index contributed by atoms with van der Waals surface area (Å²) >= 11 is 3.49. The summed E-state index contributed by atoms with van der Waals surface area (Å²) in [5.41, 5.74) is 7.05. The zero-order valence-corrected chi connectivity index (χ0v) is 18.2. The van der Waals surface area contributed by atoms with E-state index in [0.29, 0.717) is 30.0 Å². The van der Waals surface area contributed by atoms with Crippen LogP contribution in [0.5, 0.6) is 11.5 Å². The van der Waals surface area contributed by atoms with Crippen molar-refractivity contribution in [2.24, 2.45) is 10.7 Å². The minimum Gasteiger partial charge on any atom is -0.493 e. The van der Waals surface area contributed by atoms with Crippen LogP contribution in [0.2, 0.25) is 0 Å². The lowest BCUT2D eigenvalue weighted by Crippen LogP contribution is -2.39. The van der Waals surface area contributed by atoms with Gasteiger partial charge in [0.2, 0.25) is 0 Å². The molecule has 5 nitrogen and oxygen atoms in total. The van der Waals surface area contributed by atoms with Crippen molar-refractivity contribution in [1.29, 1.82) is 0 Å². The lowest BCUT2D eigenvalue weighted by atomic mass is 10.1. The van der Waals surface area contributed by atoms with Gasteiger partial charge in [-0.3, -0.25) is 0 Å². The molecule has 1 fully saturated rings. The number of nitrogens with one attached hydrogen (secondary N) is 1. The van der Waals surface area contributed by atoms with Gasteiger partial charge in [0.15, 0.2) is 17.5 Å². The van der Waals surface area contributed by atoms with Crippen LogP contribution in [0.15, 0.2) is 21.6 Å². The Hall–Kier alpha value is -0.700. The van der Waals surface area contributed by atoms with Crippen molar-refractivity contribution in [3.8, 4) is 11.5 Å². The molecule has 1 aliphatic carbocycles. The van der Waals surface area contributed by atoms with Gasteiger partial charge in [-0.25, -0.2) is 4.99 Å². The molecule has 24 heavy (non-hydrogen) atoms. The Morgan fingerprint density at radius 3 is 2.46 bits per heavy atom. The normalized spacial score (nSPS) is 16.0. The van der Waals surface area contributed by atoms with Crippen LogP contribution in [-0.4, -0.2) is 26.2 Å². The van der Waals surface area contributed by atoms with Crippen molar-refractivity contribution in [3.05, 3.63) is 22.2 Å². The summed E-state index contributed by atoms with van der Waals surface area (Å²) in [5, 5.41) is 3.35. The zero-order valence-electron chi connectivity index (χ0n) is 14.3. The number of benzene rings is 1. The smallest absolute Gasteiger partial charge is 0.189 e. The fourth-order valence-corrected chi connectivity index (χ4v) is 3.57. The maximum Gasteiger partial charge on any atom is 0.189 e. The summed E-state index contributed by atoms with van der Waals surface area (Å²) < 4.78 is 11.5.